The lowest BCUT2D eigenvalue weighted by atomic mass is 10.1. The predicted molar refractivity (Wildman–Crippen MR) is 100 cm³/mol. The van der Waals surface area contributed by atoms with Crippen molar-refractivity contribution < 1.29 is 19.1 Å². The van der Waals surface area contributed by atoms with Gasteiger partial charge in [0.25, 0.3) is 5.91 Å². The Kier molecular flexibility index (Phi) is 8.29. The first-order valence-electron chi connectivity index (χ1n) is 8.44. The van der Waals surface area contributed by atoms with Crippen molar-refractivity contribution in [2.24, 2.45) is 0 Å². The van der Waals surface area contributed by atoms with Crippen LogP contribution in [0.15, 0.2) is 28.7 Å². The molecule has 0 aliphatic heterocycles. The molecular weight excluding hydrogens is 386 g/mol. The Balaban J connectivity index is 2.54. The first-order valence-corrected chi connectivity index (χ1v) is 9.23. The molecule has 138 valence electrons. The molecule has 0 saturated heterocycles. The van der Waals surface area contributed by atoms with Crippen LogP contribution in [-0.2, 0) is 14.3 Å². The monoisotopic (exact) mass is 411 g/mol. The van der Waals surface area contributed by atoms with Gasteiger partial charge in [0, 0.05) is 28.5 Å². The fourth-order valence-electron chi connectivity index (χ4n) is 2.62. The summed E-state index contributed by atoms with van der Waals surface area (Å²) >= 11 is 3.31. The van der Waals surface area contributed by atoms with Gasteiger partial charge in [-0.15, -0.1) is 0 Å². The molecule has 0 radical (unpaired) electrons. The molecule has 6 heteroatoms. The lowest BCUT2D eigenvalue weighted by Crippen LogP contribution is -2.47. The van der Waals surface area contributed by atoms with Gasteiger partial charge < -0.3 is 9.64 Å². The van der Waals surface area contributed by atoms with E-state index in [1.165, 1.54) is 0 Å². The fourth-order valence-corrected chi connectivity index (χ4v) is 2.88. The number of ketones is 1. The topological polar surface area (TPSA) is 63.7 Å². The van der Waals surface area contributed by atoms with Crippen LogP contribution in [0.4, 0.5) is 0 Å². The second kappa shape index (κ2) is 9.70. The number of halogens is 1. The van der Waals surface area contributed by atoms with Gasteiger partial charge in [0.1, 0.15) is 0 Å². The quantitative estimate of drug-likeness (QED) is 0.479. The minimum absolute atomic E-state index is 0.0210. The molecule has 0 N–H and O–H groups in total. The Morgan fingerprint density at radius 3 is 1.96 bits per heavy atom. The molecule has 0 spiro atoms. The summed E-state index contributed by atoms with van der Waals surface area (Å²) in [5.74, 6) is -0.897. The van der Waals surface area contributed by atoms with E-state index in [9.17, 15) is 14.4 Å². The van der Waals surface area contributed by atoms with Crippen LogP contribution in [0.3, 0.4) is 0 Å². The van der Waals surface area contributed by atoms with E-state index < -0.39 is 12.1 Å². The van der Waals surface area contributed by atoms with Crippen LogP contribution >= 0.6 is 15.9 Å². The zero-order valence-corrected chi connectivity index (χ0v) is 17.0. The lowest BCUT2D eigenvalue weighted by Gasteiger charge is -2.32. The van der Waals surface area contributed by atoms with Crippen molar-refractivity contribution in [2.75, 3.05) is 0 Å². The number of ether oxygens (including phenoxy) is 1. The van der Waals surface area contributed by atoms with Crippen LogP contribution in [0.1, 0.15) is 57.8 Å². The summed E-state index contributed by atoms with van der Waals surface area (Å²) in [5, 5.41) is 0. The number of nitrogens with zero attached hydrogens (tertiary/aromatic N) is 1. The maximum Gasteiger partial charge on any atom is 0.307 e. The Morgan fingerprint density at radius 1 is 0.960 bits per heavy atom. The summed E-state index contributed by atoms with van der Waals surface area (Å²) in [6, 6.07) is 7.00. The molecule has 0 fully saturated rings. The van der Waals surface area contributed by atoms with Gasteiger partial charge in [0.2, 0.25) is 0 Å². The van der Waals surface area contributed by atoms with Crippen molar-refractivity contribution in [2.45, 2.75) is 65.6 Å². The molecule has 1 aromatic rings. The third-order valence-corrected chi connectivity index (χ3v) is 4.27. The highest BCUT2D eigenvalue weighted by atomic mass is 79.9. The largest absolute Gasteiger partial charge is 0.453 e. The van der Waals surface area contributed by atoms with Crippen molar-refractivity contribution in [3.63, 3.8) is 0 Å². The average molecular weight is 412 g/mol. The molecule has 0 saturated carbocycles. The van der Waals surface area contributed by atoms with E-state index in [-0.39, 0.29) is 36.6 Å². The fraction of sp³-hybridized carbons (Fsp3) is 0.526. The van der Waals surface area contributed by atoms with Gasteiger partial charge in [-0.3, -0.25) is 14.4 Å². The maximum atomic E-state index is 12.4. The third kappa shape index (κ3) is 6.61. The van der Waals surface area contributed by atoms with Gasteiger partial charge in [-0.2, -0.15) is 0 Å². The zero-order valence-electron chi connectivity index (χ0n) is 15.4. The zero-order chi connectivity index (χ0) is 19.1. The molecular formula is C19H26BrNO4. The highest BCUT2D eigenvalue weighted by molar-refractivity contribution is 9.10. The summed E-state index contributed by atoms with van der Waals surface area (Å²) < 4.78 is 6.09. The first-order chi connectivity index (χ1) is 11.6. The van der Waals surface area contributed by atoms with Crippen LogP contribution in [0.25, 0.3) is 0 Å². The van der Waals surface area contributed by atoms with Gasteiger partial charge in [-0.25, -0.2) is 0 Å². The maximum absolute atomic E-state index is 12.4. The molecule has 1 atom stereocenters. The SMILES string of the molecule is CC(OC(=O)CCC(=O)c1ccc(Br)cc1)C(=O)N(C(C)C)C(C)C. The summed E-state index contributed by atoms with van der Waals surface area (Å²) in [5.41, 5.74) is 0.547. The molecule has 0 aliphatic rings. The minimum Gasteiger partial charge on any atom is -0.453 e. The summed E-state index contributed by atoms with van der Waals surface area (Å²) in [6.45, 7) is 9.24. The van der Waals surface area contributed by atoms with Crippen LogP contribution in [0, 0.1) is 0 Å². The van der Waals surface area contributed by atoms with E-state index in [0.717, 1.165) is 4.47 Å². The van der Waals surface area contributed by atoms with Crippen molar-refractivity contribution in [1.29, 1.82) is 0 Å². The number of carbonyl (C=O) groups excluding carboxylic acids is 3. The van der Waals surface area contributed by atoms with E-state index in [2.05, 4.69) is 15.9 Å². The van der Waals surface area contributed by atoms with Crippen molar-refractivity contribution in [3.05, 3.63) is 34.3 Å². The number of benzene rings is 1. The summed E-state index contributed by atoms with van der Waals surface area (Å²) in [4.78, 5) is 38.1. The Hall–Kier alpha value is -1.69. The second-order valence-electron chi connectivity index (χ2n) is 6.50. The number of hydrogen-bond acceptors (Lipinski definition) is 4. The van der Waals surface area contributed by atoms with E-state index >= 15 is 0 Å². The Bertz CT molecular complexity index is 602. The highest BCUT2D eigenvalue weighted by Gasteiger charge is 2.27. The van der Waals surface area contributed by atoms with Gasteiger partial charge in [0.05, 0.1) is 6.42 Å². The minimum atomic E-state index is -0.861. The van der Waals surface area contributed by atoms with E-state index in [1.54, 1.807) is 36.1 Å². The number of rotatable bonds is 8. The molecule has 0 heterocycles. The van der Waals surface area contributed by atoms with Crippen LogP contribution in [-0.4, -0.2) is 40.7 Å². The first kappa shape index (κ1) is 21.4. The molecule has 1 aromatic carbocycles. The normalized spacial score (nSPS) is 12.2. The van der Waals surface area contributed by atoms with Gasteiger partial charge >= 0.3 is 5.97 Å². The van der Waals surface area contributed by atoms with Crippen LogP contribution in [0.2, 0.25) is 0 Å². The van der Waals surface area contributed by atoms with Gasteiger partial charge in [-0.1, -0.05) is 28.1 Å². The van der Waals surface area contributed by atoms with Gasteiger partial charge in [-0.05, 0) is 46.8 Å². The predicted octanol–water partition coefficient (Wildman–Crippen LogP) is 3.99. The van der Waals surface area contributed by atoms with E-state index in [0.29, 0.717) is 5.56 Å². The standard InChI is InChI=1S/C19H26BrNO4/c1-12(2)21(13(3)4)19(24)14(5)25-18(23)11-10-17(22)15-6-8-16(20)9-7-15/h6-9,12-14H,10-11H2,1-5H3. The molecule has 25 heavy (non-hydrogen) atoms. The van der Waals surface area contributed by atoms with Crippen molar-refractivity contribution in [3.8, 4) is 0 Å². The lowest BCUT2D eigenvalue weighted by molar-refractivity contribution is -0.160. The number of hydrogen-bond donors (Lipinski definition) is 0. The van der Waals surface area contributed by atoms with E-state index in [1.807, 2.05) is 27.7 Å². The number of Topliss-reactive ketones (excluding diaryl/α,β-unsaturated/α-hetero) is 1. The molecule has 1 amide bonds. The van der Waals surface area contributed by atoms with E-state index in [4.69, 9.17) is 4.74 Å². The second-order valence-corrected chi connectivity index (χ2v) is 7.41. The number of amides is 1. The average Bonchev–Trinajstić information content (AvgIpc) is 2.52. The molecule has 0 aromatic heterocycles. The molecule has 1 unspecified atom stereocenters. The smallest absolute Gasteiger partial charge is 0.307 e. The Morgan fingerprint density at radius 2 is 1.48 bits per heavy atom. The number of carbonyl (C=O) groups is 3. The van der Waals surface area contributed by atoms with Crippen molar-refractivity contribution in [1.82, 2.24) is 4.90 Å². The van der Waals surface area contributed by atoms with Gasteiger partial charge in [0.15, 0.2) is 11.9 Å². The molecule has 0 bridgehead atoms. The third-order valence-electron chi connectivity index (χ3n) is 3.75. The molecule has 1 rings (SSSR count). The highest BCUT2D eigenvalue weighted by Crippen LogP contribution is 2.14. The summed E-state index contributed by atoms with van der Waals surface area (Å²) in [6.07, 6.45) is -0.852. The van der Waals surface area contributed by atoms with Crippen LogP contribution < -0.4 is 0 Å². The molecule has 0 aliphatic carbocycles. The number of esters is 1. The molecule has 5 nitrogen and oxygen atoms in total. The van der Waals surface area contributed by atoms with Crippen molar-refractivity contribution >= 4 is 33.6 Å². The Labute approximate surface area is 157 Å². The summed E-state index contributed by atoms with van der Waals surface area (Å²) in [7, 11) is 0. The van der Waals surface area contributed by atoms with Crippen LogP contribution in [0.5, 0.6) is 0 Å².